The van der Waals surface area contributed by atoms with Crippen LogP contribution < -0.4 is 5.32 Å². The third-order valence-corrected chi connectivity index (χ3v) is 9.62. The standard InChI is InChI=1S/C46H38N2/c1-32-19-21-34(22-20-32)31-43(35-23-27-37(28-24-35)47-44-16-8-5-13-40(44)39-12-4-3-11-33(39)2)36-25-29-38(30-26-36)48-45-17-9-6-14-41(45)42-15-7-10-18-46(42)48/h3-31,40,44,47H,1-2H3/b43-31-. The van der Waals surface area contributed by atoms with Crippen molar-refractivity contribution in [3.63, 3.8) is 0 Å². The second-order valence-electron chi connectivity index (χ2n) is 12.8. The molecule has 0 bridgehead atoms. The highest BCUT2D eigenvalue weighted by Gasteiger charge is 2.22. The molecule has 2 nitrogen and oxygen atoms in total. The molecule has 1 aliphatic rings. The minimum Gasteiger partial charge on any atom is -0.378 e. The maximum absolute atomic E-state index is 3.81. The Morgan fingerprint density at radius 1 is 0.583 bits per heavy atom. The first-order valence-electron chi connectivity index (χ1n) is 16.8. The summed E-state index contributed by atoms with van der Waals surface area (Å²) in [7, 11) is 0. The molecule has 8 rings (SSSR count). The molecule has 232 valence electrons. The number of anilines is 1. The van der Waals surface area contributed by atoms with Crippen LogP contribution >= 0.6 is 0 Å². The highest BCUT2D eigenvalue weighted by Crippen LogP contribution is 2.34. The number of nitrogens with one attached hydrogen (secondary N) is 1. The van der Waals surface area contributed by atoms with Crippen LogP contribution in [0.2, 0.25) is 0 Å². The molecule has 0 fully saturated rings. The number of fused-ring (bicyclic) bond motifs is 3. The first-order chi connectivity index (χ1) is 23.6. The van der Waals surface area contributed by atoms with Crippen LogP contribution in [0.5, 0.6) is 0 Å². The first-order valence-corrected chi connectivity index (χ1v) is 16.8. The number of hydrogen-bond acceptors (Lipinski definition) is 1. The van der Waals surface area contributed by atoms with Gasteiger partial charge in [0.25, 0.3) is 0 Å². The van der Waals surface area contributed by atoms with Gasteiger partial charge in [0.15, 0.2) is 0 Å². The van der Waals surface area contributed by atoms with E-state index in [1.165, 1.54) is 60.8 Å². The van der Waals surface area contributed by atoms with E-state index in [2.05, 4.69) is 200 Å². The Morgan fingerprint density at radius 3 is 1.83 bits per heavy atom. The molecule has 0 saturated carbocycles. The van der Waals surface area contributed by atoms with Crippen LogP contribution in [0.1, 0.15) is 39.3 Å². The van der Waals surface area contributed by atoms with E-state index < -0.39 is 0 Å². The van der Waals surface area contributed by atoms with Gasteiger partial charge in [0.05, 0.1) is 17.1 Å². The Labute approximate surface area is 283 Å². The molecule has 2 unspecified atom stereocenters. The number of para-hydroxylation sites is 2. The van der Waals surface area contributed by atoms with Crippen molar-refractivity contribution in [3.05, 3.63) is 203 Å². The molecular formula is C46H38N2. The number of rotatable bonds is 7. The summed E-state index contributed by atoms with van der Waals surface area (Å²) in [5, 5.41) is 6.36. The minimum absolute atomic E-state index is 0.179. The molecule has 0 amide bonds. The van der Waals surface area contributed by atoms with Crippen LogP contribution in [0.4, 0.5) is 5.69 Å². The van der Waals surface area contributed by atoms with Gasteiger partial charge in [-0.1, -0.05) is 139 Å². The van der Waals surface area contributed by atoms with E-state index in [1.54, 1.807) is 0 Å². The molecule has 0 saturated heterocycles. The van der Waals surface area contributed by atoms with Crippen molar-refractivity contribution in [3.8, 4) is 5.69 Å². The molecule has 0 aliphatic heterocycles. The predicted octanol–water partition coefficient (Wildman–Crippen LogP) is 11.7. The Hall–Kier alpha value is -5.86. The van der Waals surface area contributed by atoms with E-state index in [4.69, 9.17) is 0 Å². The van der Waals surface area contributed by atoms with Gasteiger partial charge in [-0.05, 0) is 89.7 Å². The van der Waals surface area contributed by atoms with Gasteiger partial charge in [0.2, 0.25) is 0 Å². The Balaban J connectivity index is 1.13. The summed E-state index contributed by atoms with van der Waals surface area (Å²) < 4.78 is 2.37. The lowest BCUT2D eigenvalue weighted by molar-refractivity contribution is 0.751. The van der Waals surface area contributed by atoms with Crippen molar-refractivity contribution in [2.45, 2.75) is 25.8 Å². The second-order valence-corrected chi connectivity index (χ2v) is 12.8. The van der Waals surface area contributed by atoms with E-state index >= 15 is 0 Å². The summed E-state index contributed by atoms with van der Waals surface area (Å²) in [5.41, 5.74) is 13.4. The molecule has 0 spiro atoms. The van der Waals surface area contributed by atoms with Gasteiger partial charge < -0.3 is 9.88 Å². The lowest BCUT2D eigenvalue weighted by Gasteiger charge is -2.28. The molecule has 1 N–H and O–H groups in total. The minimum atomic E-state index is 0.179. The fourth-order valence-electron chi connectivity index (χ4n) is 7.09. The zero-order valence-corrected chi connectivity index (χ0v) is 27.3. The lowest BCUT2D eigenvalue weighted by atomic mass is 9.85. The van der Waals surface area contributed by atoms with Crippen LogP contribution in [-0.4, -0.2) is 10.6 Å². The number of hydrogen-bond donors (Lipinski definition) is 1. The smallest absolute Gasteiger partial charge is 0.0551 e. The summed E-state index contributed by atoms with van der Waals surface area (Å²) in [6.45, 7) is 4.33. The highest BCUT2D eigenvalue weighted by molar-refractivity contribution is 6.09. The van der Waals surface area contributed by atoms with Crippen LogP contribution in [0.3, 0.4) is 0 Å². The first kappa shape index (κ1) is 29.5. The molecule has 1 heterocycles. The van der Waals surface area contributed by atoms with E-state index in [9.17, 15) is 0 Å². The maximum atomic E-state index is 3.81. The van der Waals surface area contributed by atoms with Gasteiger partial charge in [0.1, 0.15) is 0 Å². The van der Waals surface area contributed by atoms with Crippen LogP contribution in [-0.2, 0) is 0 Å². The monoisotopic (exact) mass is 618 g/mol. The number of allylic oxidation sites excluding steroid dienone is 2. The Morgan fingerprint density at radius 2 is 1.17 bits per heavy atom. The third-order valence-electron chi connectivity index (χ3n) is 9.62. The van der Waals surface area contributed by atoms with E-state index in [0.29, 0.717) is 0 Å². The number of aryl methyl sites for hydroxylation is 2. The van der Waals surface area contributed by atoms with Gasteiger partial charge in [0, 0.05) is 28.1 Å². The SMILES string of the molecule is Cc1ccc(/C=C(/c2ccc(NC3C=CC=CC3c3ccccc3C)cc2)c2ccc(-n3c4ccccc4c4ccccc43)cc2)cc1. The van der Waals surface area contributed by atoms with E-state index in [0.717, 1.165) is 11.4 Å². The lowest BCUT2D eigenvalue weighted by Crippen LogP contribution is -2.26. The fourth-order valence-corrected chi connectivity index (χ4v) is 7.09. The zero-order valence-electron chi connectivity index (χ0n) is 27.3. The van der Waals surface area contributed by atoms with Crippen molar-refractivity contribution in [1.82, 2.24) is 4.57 Å². The van der Waals surface area contributed by atoms with Crippen molar-refractivity contribution in [2.75, 3.05) is 5.32 Å². The summed E-state index contributed by atoms with van der Waals surface area (Å²) in [4.78, 5) is 0. The van der Waals surface area contributed by atoms with Crippen LogP contribution in [0.25, 0.3) is 39.1 Å². The highest BCUT2D eigenvalue weighted by atomic mass is 15.0. The Bertz CT molecular complexity index is 2260. The summed E-state index contributed by atoms with van der Waals surface area (Å²) >= 11 is 0. The summed E-state index contributed by atoms with van der Waals surface area (Å²) in [5.74, 6) is 0.279. The normalized spacial score (nSPS) is 16.1. The fraction of sp³-hybridized carbons (Fsp3) is 0.0870. The molecule has 2 atom stereocenters. The topological polar surface area (TPSA) is 17.0 Å². The molecule has 1 aromatic heterocycles. The van der Waals surface area contributed by atoms with Crippen LogP contribution in [0, 0.1) is 13.8 Å². The second kappa shape index (κ2) is 12.7. The number of nitrogens with zero attached hydrogens (tertiary/aromatic N) is 1. The quantitative estimate of drug-likeness (QED) is 0.176. The largest absolute Gasteiger partial charge is 0.378 e. The molecule has 1 aliphatic carbocycles. The van der Waals surface area contributed by atoms with E-state index in [1.807, 2.05) is 0 Å². The van der Waals surface area contributed by atoms with Crippen LogP contribution in [0.15, 0.2) is 170 Å². The molecule has 0 radical (unpaired) electrons. The summed E-state index contributed by atoms with van der Waals surface area (Å²) in [6, 6.07) is 52.9. The van der Waals surface area contributed by atoms with Gasteiger partial charge in [-0.15, -0.1) is 0 Å². The average Bonchev–Trinajstić information content (AvgIpc) is 3.47. The van der Waals surface area contributed by atoms with E-state index in [-0.39, 0.29) is 12.0 Å². The van der Waals surface area contributed by atoms with Crippen molar-refractivity contribution >= 4 is 39.1 Å². The third kappa shape index (κ3) is 5.67. The molecule has 2 heteroatoms. The predicted molar refractivity (Wildman–Crippen MR) is 205 cm³/mol. The molecular weight excluding hydrogens is 581 g/mol. The van der Waals surface area contributed by atoms with Gasteiger partial charge in [-0.2, -0.15) is 0 Å². The zero-order chi connectivity index (χ0) is 32.5. The Kier molecular flexibility index (Phi) is 7.84. The number of benzene rings is 6. The van der Waals surface area contributed by atoms with Crippen molar-refractivity contribution < 1.29 is 0 Å². The maximum Gasteiger partial charge on any atom is 0.0551 e. The number of aromatic nitrogens is 1. The molecule has 48 heavy (non-hydrogen) atoms. The van der Waals surface area contributed by atoms with Gasteiger partial charge in [-0.25, -0.2) is 0 Å². The van der Waals surface area contributed by atoms with Crippen molar-refractivity contribution in [1.29, 1.82) is 0 Å². The summed E-state index contributed by atoms with van der Waals surface area (Å²) in [6.07, 6.45) is 11.2. The van der Waals surface area contributed by atoms with Crippen molar-refractivity contribution in [2.24, 2.45) is 0 Å². The van der Waals surface area contributed by atoms with Gasteiger partial charge >= 0.3 is 0 Å². The average molecular weight is 619 g/mol. The molecule has 7 aromatic rings. The van der Waals surface area contributed by atoms with Gasteiger partial charge in [-0.3, -0.25) is 0 Å². The molecule has 6 aromatic carbocycles.